The third kappa shape index (κ3) is 2.79. The number of carboxylic acids is 1. The Kier molecular flexibility index (Phi) is 4.02. The highest BCUT2D eigenvalue weighted by Crippen LogP contribution is 2.10. The van der Waals surface area contributed by atoms with Crippen molar-refractivity contribution in [1.82, 2.24) is 14.3 Å². The van der Waals surface area contributed by atoms with Gasteiger partial charge < -0.3 is 14.4 Å². The minimum atomic E-state index is -1.02. The number of rotatable bonds is 5. The molecule has 2 rings (SSSR count). The highest BCUT2D eigenvalue weighted by Gasteiger charge is 2.20. The first kappa shape index (κ1) is 14.0. The van der Waals surface area contributed by atoms with Crippen molar-refractivity contribution in [3.05, 3.63) is 35.8 Å². The molecule has 0 aromatic carbocycles. The van der Waals surface area contributed by atoms with Gasteiger partial charge in [0.2, 0.25) is 0 Å². The second kappa shape index (κ2) is 5.73. The van der Waals surface area contributed by atoms with Gasteiger partial charge in [0.15, 0.2) is 0 Å². The smallest absolute Gasteiger partial charge is 0.323 e. The third-order valence-corrected chi connectivity index (χ3v) is 3.02. The van der Waals surface area contributed by atoms with Crippen molar-refractivity contribution < 1.29 is 14.7 Å². The van der Waals surface area contributed by atoms with Crippen LogP contribution in [0.25, 0.3) is 5.65 Å². The maximum Gasteiger partial charge on any atom is 0.323 e. The highest BCUT2D eigenvalue weighted by molar-refractivity contribution is 5.94. The second-order valence-electron chi connectivity index (χ2n) is 4.64. The predicted molar refractivity (Wildman–Crippen MR) is 73.8 cm³/mol. The van der Waals surface area contributed by atoms with E-state index in [-0.39, 0.29) is 18.1 Å². The summed E-state index contributed by atoms with van der Waals surface area (Å²) >= 11 is 0. The summed E-state index contributed by atoms with van der Waals surface area (Å²) in [6.07, 6.45) is 2.35. The van der Waals surface area contributed by atoms with Gasteiger partial charge in [-0.25, -0.2) is 4.98 Å². The lowest BCUT2D eigenvalue weighted by Gasteiger charge is -2.18. The normalized spacial score (nSPS) is 10.7. The first-order valence-electron chi connectivity index (χ1n) is 6.48. The number of hydrogen-bond acceptors (Lipinski definition) is 3. The van der Waals surface area contributed by atoms with Crippen LogP contribution >= 0.6 is 0 Å². The molecule has 1 N–H and O–H groups in total. The molecule has 1 amide bonds. The highest BCUT2D eigenvalue weighted by atomic mass is 16.4. The molecule has 0 bridgehead atoms. The van der Waals surface area contributed by atoms with Crippen LogP contribution in [0.3, 0.4) is 0 Å². The van der Waals surface area contributed by atoms with Gasteiger partial charge in [-0.1, -0.05) is 13.0 Å². The minimum Gasteiger partial charge on any atom is -0.480 e. The molecule has 0 spiro atoms. The molecule has 0 saturated heterocycles. The van der Waals surface area contributed by atoms with Crippen molar-refractivity contribution in [2.24, 2.45) is 0 Å². The summed E-state index contributed by atoms with van der Waals surface area (Å²) in [7, 11) is 0. The maximum absolute atomic E-state index is 12.3. The Balaban J connectivity index is 2.33. The van der Waals surface area contributed by atoms with Crippen molar-refractivity contribution >= 4 is 17.5 Å². The van der Waals surface area contributed by atoms with Gasteiger partial charge in [0, 0.05) is 18.4 Å². The van der Waals surface area contributed by atoms with Crippen molar-refractivity contribution in [3.8, 4) is 0 Å². The van der Waals surface area contributed by atoms with Crippen molar-refractivity contribution in [2.75, 3.05) is 13.1 Å². The van der Waals surface area contributed by atoms with Crippen LogP contribution in [0.2, 0.25) is 0 Å². The van der Waals surface area contributed by atoms with Crippen LogP contribution < -0.4 is 0 Å². The number of aryl methyl sites for hydroxylation is 1. The molecule has 6 heteroatoms. The SMILES string of the molecule is CCCN(CC(=O)O)C(=O)c1cn2c(C)cccc2n1. The van der Waals surface area contributed by atoms with Crippen LogP contribution in [0.4, 0.5) is 0 Å². The molecule has 0 saturated carbocycles. The van der Waals surface area contributed by atoms with Crippen LogP contribution in [0.1, 0.15) is 29.5 Å². The molecule has 6 nitrogen and oxygen atoms in total. The van der Waals surface area contributed by atoms with E-state index in [2.05, 4.69) is 4.98 Å². The molecule has 0 unspecified atom stereocenters. The van der Waals surface area contributed by atoms with Gasteiger partial charge in [0.1, 0.15) is 17.9 Å². The summed E-state index contributed by atoms with van der Waals surface area (Å²) in [6, 6.07) is 5.60. The van der Waals surface area contributed by atoms with Crippen LogP contribution in [-0.4, -0.2) is 44.4 Å². The summed E-state index contributed by atoms with van der Waals surface area (Å²) < 4.78 is 1.82. The quantitative estimate of drug-likeness (QED) is 0.899. The predicted octanol–water partition coefficient (Wildman–Crippen LogP) is 1.58. The molecule has 0 aliphatic carbocycles. The lowest BCUT2D eigenvalue weighted by Crippen LogP contribution is -2.36. The number of nitrogens with zero attached hydrogens (tertiary/aromatic N) is 3. The van der Waals surface area contributed by atoms with Gasteiger partial charge in [0.05, 0.1) is 0 Å². The van der Waals surface area contributed by atoms with E-state index in [0.29, 0.717) is 18.6 Å². The van der Waals surface area contributed by atoms with E-state index in [4.69, 9.17) is 5.11 Å². The van der Waals surface area contributed by atoms with E-state index in [1.165, 1.54) is 4.90 Å². The average Bonchev–Trinajstić information content (AvgIpc) is 2.82. The Morgan fingerprint density at radius 3 is 2.75 bits per heavy atom. The van der Waals surface area contributed by atoms with Crippen molar-refractivity contribution in [1.29, 1.82) is 0 Å². The molecule has 0 aliphatic heterocycles. The molecule has 0 fully saturated rings. The van der Waals surface area contributed by atoms with E-state index in [1.807, 2.05) is 36.4 Å². The Hall–Kier alpha value is -2.37. The standard InChI is InChI=1S/C14H17N3O3/c1-3-7-16(9-13(18)19)14(20)11-8-17-10(2)5-4-6-12(17)15-11/h4-6,8H,3,7,9H2,1-2H3,(H,18,19). The fourth-order valence-electron chi connectivity index (χ4n) is 2.10. The largest absolute Gasteiger partial charge is 0.480 e. The minimum absolute atomic E-state index is 0.272. The Bertz CT molecular complexity index is 648. The molecule has 0 radical (unpaired) electrons. The van der Waals surface area contributed by atoms with Gasteiger partial charge in [-0.15, -0.1) is 0 Å². The van der Waals surface area contributed by atoms with Crippen LogP contribution in [0.15, 0.2) is 24.4 Å². The fraction of sp³-hybridized carbons (Fsp3) is 0.357. The number of aliphatic carboxylic acids is 1. The fourth-order valence-corrected chi connectivity index (χ4v) is 2.10. The van der Waals surface area contributed by atoms with Gasteiger partial charge in [-0.05, 0) is 25.5 Å². The lowest BCUT2D eigenvalue weighted by molar-refractivity contribution is -0.137. The molecule has 0 aliphatic rings. The van der Waals surface area contributed by atoms with Gasteiger partial charge in [-0.2, -0.15) is 0 Å². The van der Waals surface area contributed by atoms with Gasteiger partial charge in [-0.3, -0.25) is 9.59 Å². The van der Waals surface area contributed by atoms with E-state index in [0.717, 1.165) is 5.69 Å². The number of pyridine rings is 1. The molecule has 2 heterocycles. The Morgan fingerprint density at radius 1 is 1.40 bits per heavy atom. The zero-order valence-corrected chi connectivity index (χ0v) is 11.5. The summed E-state index contributed by atoms with van der Waals surface area (Å²) in [6.45, 7) is 3.91. The monoisotopic (exact) mass is 275 g/mol. The molecule has 0 atom stereocenters. The number of carbonyl (C=O) groups is 2. The zero-order valence-electron chi connectivity index (χ0n) is 11.5. The van der Waals surface area contributed by atoms with Crippen molar-refractivity contribution in [3.63, 3.8) is 0 Å². The van der Waals surface area contributed by atoms with Gasteiger partial charge >= 0.3 is 5.97 Å². The first-order valence-corrected chi connectivity index (χ1v) is 6.48. The number of amides is 1. The Labute approximate surface area is 116 Å². The topological polar surface area (TPSA) is 74.9 Å². The van der Waals surface area contributed by atoms with Crippen LogP contribution in [0.5, 0.6) is 0 Å². The Morgan fingerprint density at radius 2 is 2.15 bits per heavy atom. The van der Waals surface area contributed by atoms with E-state index in [1.54, 1.807) is 6.20 Å². The van der Waals surface area contributed by atoms with Crippen LogP contribution in [-0.2, 0) is 4.79 Å². The molecular formula is C14H17N3O3. The summed E-state index contributed by atoms with van der Waals surface area (Å²) in [5.74, 6) is -1.37. The number of carboxylic acid groups (broad SMARTS) is 1. The second-order valence-corrected chi connectivity index (χ2v) is 4.64. The van der Waals surface area contributed by atoms with Crippen LogP contribution in [0, 0.1) is 6.92 Å². The number of carbonyl (C=O) groups excluding carboxylic acids is 1. The molecule has 2 aromatic rings. The average molecular weight is 275 g/mol. The summed E-state index contributed by atoms with van der Waals surface area (Å²) in [5.41, 5.74) is 1.92. The van der Waals surface area contributed by atoms with Crippen molar-refractivity contribution in [2.45, 2.75) is 20.3 Å². The maximum atomic E-state index is 12.3. The molecular weight excluding hydrogens is 258 g/mol. The number of fused-ring (bicyclic) bond motifs is 1. The lowest BCUT2D eigenvalue weighted by atomic mass is 10.3. The summed E-state index contributed by atoms with van der Waals surface area (Å²) in [4.78, 5) is 28.7. The molecule has 20 heavy (non-hydrogen) atoms. The number of imidazole rings is 1. The summed E-state index contributed by atoms with van der Waals surface area (Å²) in [5, 5.41) is 8.87. The molecule has 2 aromatic heterocycles. The molecule has 106 valence electrons. The van der Waals surface area contributed by atoms with E-state index in [9.17, 15) is 9.59 Å². The zero-order chi connectivity index (χ0) is 14.7. The van der Waals surface area contributed by atoms with Gasteiger partial charge in [0.25, 0.3) is 5.91 Å². The van der Waals surface area contributed by atoms with E-state index < -0.39 is 5.97 Å². The first-order chi connectivity index (χ1) is 9.52. The number of aromatic nitrogens is 2. The third-order valence-electron chi connectivity index (χ3n) is 3.02. The number of hydrogen-bond donors (Lipinski definition) is 1. The van der Waals surface area contributed by atoms with E-state index >= 15 is 0 Å².